The number of hydrogen-bond donors (Lipinski definition) is 6. The van der Waals surface area contributed by atoms with Crippen LogP contribution in [0.25, 0.3) is 0 Å². The van der Waals surface area contributed by atoms with Crippen LogP contribution >= 0.6 is 37.9 Å². The van der Waals surface area contributed by atoms with Gasteiger partial charge < -0.3 is 20.1 Å². The third-order valence-electron chi connectivity index (χ3n) is 10.8. The van der Waals surface area contributed by atoms with Gasteiger partial charge in [0, 0.05) is 46.1 Å². The summed E-state index contributed by atoms with van der Waals surface area (Å²) in [5.74, 6) is -0.987. The van der Waals surface area contributed by atoms with Gasteiger partial charge in [0.25, 0.3) is 0 Å². The molecule has 0 fully saturated rings. The van der Waals surface area contributed by atoms with Gasteiger partial charge >= 0.3 is 17.9 Å². The fourth-order valence-electron chi connectivity index (χ4n) is 7.37. The number of carboxylic acid groups (broad SMARTS) is 3. The maximum atomic E-state index is 12.0. The molecule has 300 valence electrons. The highest BCUT2D eigenvalue weighted by molar-refractivity contribution is 7.81. The highest BCUT2D eigenvalue weighted by Crippen LogP contribution is 2.51. The highest BCUT2D eigenvalue weighted by Gasteiger charge is 2.34. The number of aliphatic carboxylic acids is 3. The van der Waals surface area contributed by atoms with Crippen molar-refractivity contribution in [2.75, 3.05) is 6.61 Å². The third-order valence-corrected chi connectivity index (χ3v) is 12.3. The first-order valence-electron chi connectivity index (χ1n) is 20.3. The van der Waals surface area contributed by atoms with Gasteiger partial charge in [-0.1, -0.05) is 112 Å². The standard InChI is InChI=1S/C42H72O7S3/c1-7-13-16-28(10-4)25-31-39(33(50)19-22-36(43)44)32(26-29(11-5)17-14-8-2)41(35(52)21-24-38(47)48)42(40(31)34(51)20-23-37(45)46)49-27-30(12-6)18-15-9-3/h28-30,33-35,50-52H,7-27H2,1-6H3,(H,43,44)(H,45,46)(H,47,48). The first-order valence-corrected chi connectivity index (χ1v) is 21.9. The molecule has 0 amide bonds. The zero-order chi connectivity index (χ0) is 39.2. The van der Waals surface area contributed by atoms with E-state index in [1.165, 1.54) is 0 Å². The Balaban J connectivity index is 4.54. The molecule has 1 aromatic rings. The SMILES string of the molecule is CCCCC(CC)COc1c(C(S)CCC(=O)O)c(CC(CC)CCCC)c(C(S)CCC(=O)O)c(CC(CC)CCCC)c1C(S)CCC(=O)O. The zero-order valence-corrected chi connectivity index (χ0v) is 35.8. The summed E-state index contributed by atoms with van der Waals surface area (Å²) >= 11 is 15.5. The van der Waals surface area contributed by atoms with Gasteiger partial charge in [0.05, 0.1) is 6.61 Å². The van der Waals surface area contributed by atoms with Crippen LogP contribution in [-0.4, -0.2) is 39.8 Å². The molecule has 0 aliphatic carbocycles. The second-order valence-electron chi connectivity index (χ2n) is 14.8. The molecule has 52 heavy (non-hydrogen) atoms. The lowest BCUT2D eigenvalue weighted by Crippen LogP contribution is -2.22. The van der Waals surface area contributed by atoms with E-state index in [9.17, 15) is 29.7 Å². The van der Waals surface area contributed by atoms with E-state index in [1.807, 2.05) is 0 Å². The lowest BCUT2D eigenvalue weighted by molar-refractivity contribution is -0.138. The van der Waals surface area contributed by atoms with Crippen molar-refractivity contribution in [1.82, 2.24) is 0 Å². The number of unbranched alkanes of at least 4 members (excludes halogenated alkanes) is 3. The van der Waals surface area contributed by atoms with Gasteiger partial charge in [0.1, 0.15) is 5.75 Å². The van der Waals surface area contributed by atoms with Crippen molar-refractivity contribution in [2.24, 2.45) is 17.8 Å². The minimum absolute atomic E-state index is 0.0434. The van der Waals surface area contributed by atoms with E-state index >= 15 is 0 Å². The molecular weight excluding hydrogens is 713 g/mol. The number of rotatable bonds is 31. The van der Waals surface area contributed by atoms with Gasteiger partial charge in [-0.2, -0.15) is 37.9 Å². The van der Waals surface area contributed by atoms with E-state index in [0.29, 0.717) is 36.5 Å². The average Bonchev–Trinajstić information content (AvgIpc) is 3.11. The van der Waals surface area contributed by atoms with E-state index < -0.39 is 33.7 Å². The Bertz CT molecular complexity index is 1140. The van der Waals surface area contributed by atoms with Crippen LogP contribution in [0.1, 0.15) is 201 Å². The smallest absolute Gasteiger partial charge is 0.303 e. The molecule has 0 aliphatic rings. The molecular formula is C42H72O7S3. The Morgan fingerprint density at radius 1 is 0.519 bits per heavy atom. The quantitative estimate of drug-likeness (QED) is 0.0415. The second-order valence-corrected chi connectivity index (χ2v) is 16.7. The van der Waals surface area contributed by atoms with Crippen molar-refractivity contribution in [3.8, 4) is 5.75 Å². The van der Waals surface area contributed by atoms with Crippen LogP contribution in [-0.2, 0) is 27.2 Å². The van der Waals surface area contributed by atoms with Crippen LogP contribution < -0.4 is 4.74 Å². The Hall–Kier alpha value is -1.52. The molecule has 0 spiro atoms. The Kier molecular flexibility index (Phi) is 25.3. The highest BCUT2D eigenvalue weighted by atomic mass is 32.1. The third kappa shape index (κ3) is 16.9. The summed E-state index contributed by atoms with van der Waals surface area (Å²) in [6, 6.07) is 0. The number of thiol groups is 3. The maximum Gasteiger partial charge on any atom is 0.303 e. The summed E-state index contributed by atoms with van der Waals surface area (Å²) in [4.78, 5) is 35.8. The van der Waals surface area contributed by atoms with E-state index in [1.54, 1.807) is 0 Å². The van der Waals surface area contributed by atoms with Crippen LogP contribution in [0.15, 0.2) is 0 Å². The molecule has 0 bridgehead atoms. The minimum atomic E-state index is -0.899. The molecule has 6 atom stereocenters. The van der Waals surface area contributed by atoms with Crippen molar-refractivity contribution in [2.45, 2.75) is 186 Å². The topological polar surface area (TPSA) is 121 Å². The molecule has 0 aromatic heterocycles. The van der Waals surface area contributed by atoms with Crippen LogP contribution in [0.3, 0.4) is 0 Å². The van der Waals surface area contributed by atoms with Crippen LogP contribution in [0.5, 0.6) is 5.75 Å². The van der Waals surface area contributed by atoms with Crippen molar-refractivity contribution in [3.63, 3.8) is 0 Å². The first-order chi connectivity index (χ1) is 24.8. The Morgan fingerprint density at radius 2 is 0.846 bits per heavy atom. The predicted molar refractivity (Wildman–Crippen MR) is 225 cm³/mol. The minimum Gasteiger partial charge on any atom is -0.493 e. The van der Waals surface area contributed by atoms with Crippen molar-refractivity contribution >= 4 is 55.8 Å². The predicted octanol–water partition coefficient (Wildman–Crippen LogP) is 12.3. The Labute approximate surface area is 332 Å². The van der Waals surface area contributed by atoms with E-state index in [0.717, 1.165) is 118 Å². The molecule has 1 rings (SSSR count). The molecule has 10 heteroatoms. The molecule has 0 heterocycles. The first kappa shape index (κ1) is 48.5. The summed E-state index contributed by atoms with van der Waals surface area (Å²) in [5, 5.41) is 28.0. The number of carboxylic acids is 3. The van der Waals surface area contributed by atoms with Gasteiger partial charge in [0.2, 0.25) is 0 Å². The van der Waals surface area contributed by atoms with Crippen molar-refractivity contribution < 1.29 is 34.4 Å². The fourth-order valence-corrected chi connectivity index (χ4v) is 8.62. The molecule has 0 saturated heterocycles. The fraction of sp³-hybridized carbons (Fsp3) is 0.786. The number of benzene rings is 1. The average molecular weight is 785 g/mol. The summed E-state index contributed by atoms with van der Waals surface area (Å²) < 4.78 is 7.07. The number of hydrogen-bond acceptors (Lipinski definition) is 7. The summed E-state index contributed by atoms with van der Waals surface area (Å²) in [7, 11) is 0. The van der Waals surface area contributed by atoms with Crippen molar-refractivity contribution in [3.05, 3.63) is 27.8 Å². The van der Waals surface area contributed by atoms with E-state index in [2.05, 4.69) is 41.5 Å². The molecule has 1 aromatic carbocycles. The van der Waals surface area contributed by atoms with E-state index in [-0.39, 0.29) is 32.1 Å². The van der Waals surface area contributed by atoms with Gasteiger partial charge in [-0.3, -0.25) is 14.4 Å². The number of ether oxygens (including phenoxy) is 1. The van der Waals surface area contributed by atoms with Crippen LogP contribution in [0, 0.1) is 17.8 Å². The monoisotopic (exact) mass is 784 g/mol. The van der Waals surface area contributed by atoms with E-state index in [4.69, 9.17) is 42.6 Å². The molecule has 0 aliphatic heterocycles. The maximum absolute atomic E-state index is 12.0. The number of carbonyl (C=O) groups is 3. The Morgan fingerprint density at radius 3 is 1.15 bits per heavy atom. The second kappa shape index (κ2) is 27.1. The van der Waals surface area contributed by atoms with Gasteiger partial charge in [0.15, 0.2) is 0 Å². The van der Waals surface area contributed by atoms with Crippen LogP contribution in [0.2, 0.25) is 0 Å². The largest absolute Gasteiger partial charge is 0.493 e. The molecule has 6 unspecified atom stereocenters. The summed E-state index contributed by atoms with van der Waals surface area (Å²) in [6.07, 6.45) is 14.6. The van der Waals surface area contributed by atoms with Gasteiger partial charge in [-0.15, -0.1) is 0 Å². The lowest BCUT2D eigenvalue weighted by atomic mass is 9.76. The van der Waals surface area contributed by atoms with Crippen molar-refractivity contribution in [1.29, 1.82) is 0 Å². The molecule has 0 radical (unpaired) electrons. The van der Waals surface area contributed by atoms with Crippen LogP contribution in [0.4, 0.5) is 0 Å². The van der Waals surface area contributed by atoms with Gasteiger partial charge in [-0.05, 0) is 73.0 Å². The summed E-state index contributed by atoms with van der Waals surface area (Å²) in [6.45, 7) is 13.7. The zero-order valence-electron chi connectivity index (χ0n) is 33.1. The normalized spacial score (nSPS) is 15.1. The molecule has 3 N–H and O–H groups in total. The molecule has 0 saturated carbocycles. The lowest BCUT2D eigenvalue weighted by Gasteiger charge is -2.35. The van der Waals surface area contributed by atoms with Gasteiger partial charge in [-0.25, -0.2) is 0 Å². The summed E-state index contributed by atoms with van der Waals surface area (Å²) in [5.41, 5.74) is 4.87. The molecule has 7 nitrogen and oxygen atoms in total.